The molecule has 1 aliphatic heterocycles. The van der Waals surface area contributed by atoms with Crippen LogP contribution in [0.2, 0.25) is 0 Å². The number of carbonyl (C=O) groups is 1. The van der Waals surface area contributed by atoms with Crippen LogP contribution in [0.1, 0.15) is 130 Å². The first kappa shape index (κ1) is 39.4. The van der Waals surface area contributed by atoms with Crippen molar-refractivity contribution in [3.05, 3.63) is 12.2 Å². The number of esters is 1. The summed E-state index contributed by atoms with van der Waals surface area (Å²) in [6.07, 6.45) is 12.7. The molecule has 237 valence electrons. The zero-order valence-corrected chi connectivity index (χ0v) is 30.5. The molecule has 2 rings (SSSR count). The van der Waals surface area contributed by atoms with Crippen LogP contribution in [0.15, 0.2) is 12.2 Å². The number of unbranched alkanes of at least 4 members (excludes halogenated alkanes) is 8. The van der Waals surface area contributed by atoms with Gasteiger partial charge in [0, 0.05) is 75.8 Å². The van der Waals surface area contributed by atoms with Gasteiger partial charge < -0.3 is 24.4 Å². The minimum Gasteiger partial charge on any atom is -0.463 e. The summed E-state index contributed by atoms with van der Waals surface area (Å²) in [7, 11) is 0. The molecule has 2 fully saturated rings. The van der Waals surface area contributed by atoms with Gasteiger partial charge in [-0.3, -0.25) is 4.79 Å². The Labute approximate surface area is 283 Å². The van der Waals surface area contributed by atoms with Crippen molar-refractivity contribution in [3.63, 3.8) is 0 Å². The first-order valence-electron chi connectivity index (χ1n) is 16.0. The van der Waals surface area contributed by atoms with Crippen LogP contribution >= 0.6 is 0 Å². The molecule has 0 aromatic carbocycles. The number of aliphatic hydroxyl groups is 2. The standard InChI is InChI=1S/C32H56F2O6.Ac/c1-4-5-6-14-21-32(33,34)29(36)20-19-26-25(27(35)23-28(26)40-31-18-13-15-22-38-31)16-11-9-7-8-10-12-17-30(37)39-24(2)3;/h19-20,24-29,31,35-36H,4-18,21-23H2,1-3H3;/b20-19+;/t25?,26-,27?,28?,29?,31?;/m1./s1. The van der Waals surface area contributed by atoms with E-state index in [-0.39, 0.29) is 86.8 Å². The molecule has 1 radical (unpaired) electrons. The van der Waals surface area contributed by atoms with Crippen molar-refractivity contribution in [2.24, 2.45) is 11.8 Å². The molecule has 0 aromatic rings. The maximum Gasteiger partial charge on any atom is 0.306 e. The third-order valence-electron chi connectivity index (χ3n) is 8.20. The second-order valence-corrected chi connectivity index (χ2v) is 12.1. The largest absolute Gasteiger partial charge is 0.463 e. The maximum absolute atomic E-state index is 14.6. The molecule has 6 nitrogen and oxygen atoms in total. The monoisotopic (exact) mass is 801 g/mol. The molecule has 0 spiro atoms. The Kier molecular flexibility index (Phi) is 21.1. The van der Waals surface area contributed by atoms with E-state index in [2.05, 4.69) is 0 Å². The van der Waals surface area contributed by atoms with Gasteiger partial charge in [0.25, 0.3) is 5.92 Å². The summed E-state index contributed by atoms with van der Waals surface area (Å²) in [6, 6.07) is 0. The number of carbonyl (C=O) groups excluding carboxylic acids is 1. The summed E-state index contributed by atoms with van der Waals surface area (Å²) in [5.41, 5.74) is 0. The summed E-state index contributed by atoms with van der Waals surface area (Å²) in [5, 5.41) is 21.3. The second kappa shape index (κ2) is 22.0. The van der Waals surface area contributed by atoms with E-state index >= 15 is 0 Å². The van der Waals surface area contributed by atoms with Crippen LogP contribution in [0.3, 0.4) is 0 Å². The van der Waals surface area contributed by atoms with Crippen molar-refractivity contribution in [2.75, 3.05) is 6.61 Å². The third kappa shape index (κ3) is 15.8. The van der Waals surface area contributed by atoms with E-state index in [0.717, 1.165) is 83.5 Å². The predicted octanol–water partition coefficient (Wildman–Crippen LogP) is 7.49. The molecule has 0 amide bonds. The van der Waals surface area contributed by atoms with Gasteiger partial charge in [-0.15, -0.1) is 0 Å². The van der Waals surface area contributed by atoms with Gasteiger partial charge in [-0.25, -0.2) is 8.78 Å². The summed E-state index contributed by atoms with van der Waals surface area (Å²) in [4.78, 5) is 11.6. The van der Waals surface area contributed by atoms with Crippen LogP contribution in [0.4, 0.5) is 8.78 Å². The van der Waals surface area contributed by atoms with Gasteiger partial charge in [0.15, 0.2) is 6.29 Å². The molecule has 2 N–H and O–H groups in total. The average molecular weight is 802 g/mol. The molecule has 0 aromatic heterocycles. The number of hydrogen-bond acceptors (Lipinski definition) is 6. The van der Waals surface area contributed by atoms with E-state index in [1.54, 1.807) is 6.08 Å². The number of rotatable bonds is 20. The van der Waals surface area contributed by atoms with E-state index in [9.17, 15) is 23.8 Å². The fraction of sp³-hybridized carbons (Fsp3) is 0.906. The molecule has 2 aliphatic rings. The van der Waals surface area contributed by atoms with E-state index in [1.807, 2.05) is 20.8 Å². The molecule has 5 unspecified atom stereocenters. The molecular formula is C32H56AcF2O6. The molecule has 1 heterocycles. The Hall–Kier alpha value is 0.352. The first-order chi connectivity index (χ1) is 19.1. The van der Waals surface area contributed by atoms with Crippen LogP contribution in [0.5, 0.6) is 0 Å². The van der Waals surface area contributed by atoms with E-state index < -0.39 is 18.1 Å². The van der Waals surface area contributed by atoms with Gasteiger partial charge in [-0.2, -0.15) is 0 Å². The number of aliphatic hydroxyl groups excluding tert-OH is 2. The Morgan fingerprint density at radius 3 is 2.39 bits per heavy atom. The smallest absolute Gasteiger partial charge is 0.306 e. The number of halogens is 2. The molecule has 6 atom stereocenters. The molecule has 1 saturated heterocycles. The van der Waals surface area contributed by atoms with E-state index in [4.69, 9.17) is 14.2 Å². The summed E-state index contributed by atoms with van der Waals surface area (Å²) < 4.78 is 46.4. The maximum atomic E-state index is 14.6. The fourth-order valence-corrected chi connectivity index (χ4v) is 5.90. The van der Waals surface area contributed by atoms with Crippen LogP contribution in [0, 0.1) is 55.9 Å². The summed E-state index contributed by atoms with van der Waals surface area (Å²) in [6.45, 7) is 6.38. The van der Waals surface area contributed by atoms with Gasteiger partial charge in [0.1, 0.15) is 6.10 Å². The minimum atomic E-state index is -3.18. The number of hydrogen-bond donors (Lipinski definition) is 2. The van der Waals surface area contributed by atoms with Crippen molar-refractivity contribution in [1.29, 1.82) is 0 Å². The molecular weight excluding hydrogens is 745 g/mol. The molecule has 9 heteroatoms. The summed E-state index contributed by atoms with van der Waals surface area (Å²) in [5.74, 6) is -3.68. The van der Waals surface area contributed by atoms with Crippen molar-refractivity contribution in [2.45, 2.75) is 167 Å². The second-order valence-electron chi connectivity index (χ2n) is 12.1. The SMILES string of the molecule is CCCCCCC(F)(F)C(O)/C=C/[C@H]1C(OC2CCCCO2)CC(O)C1CCCCCCCCC(=O)OC(C)C.[Ac]. The predicted molar refractivity (Wildman–Crippen MR) is 153 cm³/mol. The fourth-order valence-electron chi connectivity index (χ4n) is 5.90. The molecule has 1 saturated carbocycles. The van der Waals surface area contributed by atoms with Crippen LogP contribution in [-0.4, -0.2) is 59.4 Å². The van der Waals surface area contributed by atoms with Crippen molar-refractivity contribution < 1.29 is 82.1 Å². The Morgan fingerprint density at radius 1 is 1.05 bits per heavy atom. The quantitative estimate of drug-likeness (QED) is 0.0755. The normalized spacial score (nSPS) is 25.9. The van der Waals surface area contributed by atoms with Gasteiger partial charge in [0.05, 0.1) is 18.3 Å². The van der Waals surface area contributed by atoms with Crippen LogP contribution in [-0.2, 0) is 19.0 Å². The van der Waals surface area contributed by atoms with Crippen molar-refractivity contribution >= 4 is 5.97 Å². The number of alkyl halides is 2. The topological polar surface area (TPSA) is 85.2 Å². The molecule has 1 aliphatic carbocycles. The Bertz CT molecular complexity index is 716. The Morgan fingerprint density at radius 2 is 1.73 bits per heavy atom. The first-order valence-corrected chi connectivity index (χ1v) is 16.0. The molecule has 41 heavy (non-hydrogen) atoms. The number of ether oxygens (including phenoxy) is 3. The van der Waals surface area contributed by atoms with Gasteiger partial charge in [-0.05, 0) is 58.3 Å². The zero-order chi connectivity index (χ0) is 29.4. The average Bonchev–Trinajstić information content (AvgIpc) is 3.20. The van der Waals surface area contributed by atoms with Gasteiger partial charge in [0.2, 0.25) is 0 Å². The van der Waals surface area contributed by atoms with E-state index in [0.29, 0.717) is 25.9 Å². The van der Waals surface area contributed by atoms with Crippen molar-refractivity contribution in [3.8, 4) is 0 Å². The van der Waals surface area contributed by atoms with Crippen LogP contribution in [0.25, 0.3) is 0 Å². The zero-order valence-electron chi connectivity index (χ0n) is 25.8. The Balaban J connectivity index is 0.00000840. The van der Waals surface area contributed by atoms with Crippen LogP contribution < -0.4 is 0 Å². The third-order valence-corrected chi connectivity index (χ3v) is 8.20. The summed E-state index contributed by atoms with van der Waals surface area (Å²) >= 11 is 0. The van der Waals surface area contributed by atoms with E-state index in [1.165, 1.54) is 6.08 Å². The van der Waals surface area contributed by atoms with Gasteiger partial charge in [-0.1, -0.05) is 70.4 Å². The molecule has 0 bridgehead atoms. The van der Waals surface area contributed by atoms with Crippen molar-refractivity contribution in [1.82, 2.24) is 0 Å². The van der Waals surface area contributed by atoms with Gasteiger partial charge >= 0.3 is 5.97 Å². The minimum absolute atomic E-state index is 0.